The molecule has 0 radical (unpaired) electrons. The van der Waals surface area contributed by atoms with Gasteiger partial charge in [0.1, 0.15) is 0 Å². The van der Waals surface area contributed by atoms with Crippen LogP contribution in [0.25, 0.3) is 0 Å². The summed E-state index contributed by atoms with van der Waals surface area (Å²) in [4.78, 5) is 13.7. The molecule has 1 aromatic carbocycles. The first kappa shape index (κ1) is 15.5. The van der Waals surface area contributed by atoms with Crippen LogP contribution < -0.4 is 15.5 Å². The fourth-order valence-electron chi connectivity index (χ4n) is 1.57. The van der Waals surface area contributed by atoms with Gasteiger partial charge in [0.05, 0.1) is 6.61 Å². The number of rotatable bonds is 8. The van der Waals surface area contributed by atoms with Gasteiger partial charge in [0, 0.05) is 52.1 Å². The molecule has 0 unspecified atom stereocenters. The van der Waals surface area contributed by atoms with E-state index in [0.717, 1.165) is 17.9 Å². The van der Waals surface area contributed by atoms with Gasteiger partial charge in [0.15, 0.2) is 0 Å². The molecule has 19 heavy (non-hydrogen) atoms. The number of ether oxygens (including phenoxy) is 1. The van der Waals surface area contributed by atoms with Gasteiger partial charge in [-0.2, -0.15) is 0 Å². The van der Waals surface area contributed by atoms with Gasteiger partial charge < -0.3 is 20.3 Å². The minimum Gasteiger partial charge on any atom is -0.383 e. The Balaban J connectivity index is 2.28. The van der Waals surface area contributed by atoms with Crippen molar-refractivity contribution in [1.82, 2.24) is 5.32 Å². The Bertz CT molecular complexity index is 377. The maximum atomic E-state index is 11.7. The minimum absolute atomic E-state index is 0.0162. The van der Waals surface area contributed by atoms with Crippen LogP contribution in [0.1, 0.15) is 6.42 Å². The number of carbonyl (C=O) groups is 1. The molecule has 0 aliphatic heterocycles. The summed E-state index contributed by atoms with van der Waals surface area (Å²) in [7, 11) is 5.63. The second kappa shape index (κ2) is 8.50. The van der Waals surface area contributed by atoms with Gasteiger partial charge in [0.25, 0.3) is 0 Å². The predicted molar refractivity (Wildman–Crippen MR) is 78.8 cm³/mol. The van der Waals surface area contributed by atoms with Crippen LogP contribution >= 0.6 is 0 Å². The highest BCUT2D eigenvalue weighted by Gasteiger charge is 2.02. The van der Waals surface area contributed by atoms with Gasteiger partial charge in [-0.3, -0.25) is 4.79 Å². The highest BCUT2D eigenvalue weighted by Crippen LogP contribution is 2.15. The molecule has 1 rings (SSSR count). The van der Waals surface area contributed by atoms with Crippen molar-refractivity contribution in [1.29, 1.82) is 0 Å². The first-order valence-corrected chi connectivity index (χ1v) is 6.40. The van der Waals surface area contributed by atoms with Crippen molar-refractivity contribution < 1.29 is 9.53 Å². The number of benzene rings is 1. The van der Waals surface area contributed by atoms with Gasteiger partial charge in [-0.15, -0.1) is 0 Å². The summed E-state index contributed by atoms with van der Waals surface area (Å²) in [5, 5.41) is 6.00. The highest BCUT2D eigenvalue weighted by molar-refractivity contribution is 5.90. The SMILES string of the molecule is COCCNCCC(=O)Nc1ccc(N(C)C)cc1. The molecule has 0 aromatic heterocycles. The lowest BCUT2D eigenvalue weighted by Crippen LogP contribution is -2.24. The number of nitrogens with one attached hydrogen (secondary N) is 2. The van der Waals surface area contributed by atoms with Crippen LogP contribution in [0.15, 0.2) is 24.3 Å². The molecule has 5 nitrogen and oxygen atoms in total. The molecule has 0 atom stereocenters. The summed E-state index contributed by atoms with van der Waals surface area (Å²) in [5.41, 5.74) is 1.94. The van der Waals surface area contributed by atoms with E-state index >= 15 is 0 Å². The van der Waals surface area contributed by atoms with Crippen molar-refractivity contribution in [2.45, 2.75) is 6.42 Å². The maximum absolute atomic E-state index is 11.7. The van der Waals surface area contributed by atoms with Crippen LogP contribution in [0, 0.1) is 0 Å². The summed E-state index contributed by atoms with van der Waals surface area (Å²) < 4.78 is 4.91. The zero-order valence-electron chi connectivity index (χ0n) is 11.9. The van der Waals surface area contributed by atoms with E-state index in [0.29, 0.717) is 19.6 Å². The molecule has 0 fully saturated rings. The molecule has 5 heteroatoms. The average molecular weight is 265 g/mol. The summed E-state index contributed by atoms with van der Waals surface area (Å²) in [6.07, 6.45) is 0.457. The molecule has 0 aliphatic rings. The smallest absolute Gasteiger partial charge is 0.225 e. The van der Waals surface area contributed by atoms with E-state index in [1.165, 1.54) is 0 Å². The lowest BCUT2D eigenvalue weighted by Gasteiger charge is -2.13. The van der Waals surface area contributed by atoms with Crippen molar-refractivity contribution in [3.05, 3.63) is 24.3 Å². The molecule has 1 aromatic rings. The van der Waals surface area contributed by atoms with Gasteiger partial charge in [-0.1, -0.05) is 0 Å². The van der Waals surface area contributed by atoms with E-state index in [1.54, 1.807) is 7.11 Å². The molecule has 0 bridgehead atoms. The fraction of sp³-hybridized carbons (Fsp3) is 0.500. The molecule has 1 amide bonds. The Labute approximate surface area is 114 Å². The molecule has 2 N–H and O–H groups in total. The average Bonchev–Trinajstić information content (AvgIpc) is 2.39. The lowest BCUT2D eigenvalue weighted by molar-refractivity contribution is -0.116. The first-order chi connectivity index (χ1) is 9.13. The van der Waals surface area contributed by atoms with E-state index in [1.807, 2.05) is 43.3 Å². The summed E-state index contributed by atoms with van der Waals surface area (Å²) in [6.45, 7) is 2.08. The topological polar surface area (TPSA) is 53.6 Å². The molecule has 0 aliphatic carbocycles. The van der Waals surface area contributed by atoms with Crippen molar-refractivity contribution in [3.63, 3.8) is 0 Å². The third-order valence-corrected chi connectivity index (χ3v) is 2.68. The Morgan fingerprint density at radius 1 is 1.21 bits per heavy atom. The second-order valence-electron chi connectivity index (χ2n) is 4.48. The maximum Gasteiger partial charge on any atom is 0.225 e. The number of hydrogen-bond acceptors (Lipinski definition) is 4. The van der Waals surface area contributed by atoms with Gasteiger partial charge >= 0.3 is 0 Å². The molecule has 0 heterocycles. The fourth-order valence-corrected chi connectivity index (χ4v) is 1.57. The Hall–Kier alpha value is -1.59. The Kier molecular flexibility index (Phi) is 6.92. The van der Waals surface area contributed by atoms with E-state index in [2.05, 4.69) is 10.6 Å². The van der Waals surface area contributed by atoms with Crippen molar-refractivity contribution in [2.75, 3.05) is 51.1 Å². The van der Waals surface area contributed by atoms with Gasteiger partial charge in [-0.25, -0.2) is 0 Å². The van der Waals surface area contributed by atoms with E-state index < -0.39 is 0 Å². The summed E-state index contributed by atoms with van der Waals surface area (Å²) in [5.74, 6) is 0.0162. The molecular formula is C14H23N3O2. The number of carbonyl (C=O) groups excluding carboxylic acids is 1. The van der Waals surface area contributed by atoms with Crippen LogP contribution in [-0.2, 0) is 9.53 Å². The number of nitrogens with zero attached hydrogens (tertiary/aromatic N) is 1. The van der Waals surface area contributed by atoms with Gasteiger partial charge in [0.2, 0.25) is 5.91 Å². The minimum atomic E-state index is 0.0162. The van der Waals surface area contributed by atoms with Crippen LogP contribution in [0.4, 0.5) is 11.4 Å². The monoisotopic (exact) mass is 265 g/mol. The largest absolute Gasteiger partial charge is 0.383 e. The zero-order valence-corrected chi connectivity index (χ0v) is 11.9. The third-order valence-electron chi connectivity index (χ3n) is 2.68. The zero-order chi connectivity index (χ0) is 14.1. The number of hydrogen-bond donors (Lipinski definition) is 2. The Morgan fingerprint density at radius 2 is 1.89 bits per heavy atom. The molecule has 0 saturated carbocycles. The summed E-state index contributed by atoms with van der Waals surface area (Å²) >= 11 is 0. The van der Waals surface area contributed by atoms with Crippen molar-refractivity contribution >= 4 is 17.3 Å². The number of methoxy groups -OCH3 is 1. The molecule has 106 valence electrons. The quantitative estimate of drug-likeness (QED) is 0.696. The van der Waals surface area contributed by atoms with Crippen molar-refractivity contribution in [3.8, 4) is 0 Å². The van der Waals surface area contributed by atoms with Gasteiger partial charge in [-0.05, 0) is 24.3 Å². The molecule has 0 saturated heterocycles. The molecule has 0 spiro atoms. The number of anilines is 2. The highest BCUT2D eigenvalue weighted by atomic mass is 16.5. The number of amides is 1. The normalized spacial score (nSPS) is 10.3. The van der Waals surface area contributed by atoms with Crippen LogP contribution in [0.5, 0.6) is 0 Å². The Morgan fingerprint density at radius 3 is 2.47 bits per heavy atom. The lowest BCUT2D eigenvalue weighted by atomic mass is 10.2. The standard InChI is InChI=1S/C14H23N3O2/c1-17(2)13-6-4-12(5-7-13)16-14(18)8-9-15-10-11-19-3/h4-7,15H,8-11H2,1-3H3,(H,16,18). The van der Waals surface area contributed by atoms with E-state index in [-0.39, 0.29) is 5.91 Å². The van der Waals surface area contributed by atoms with E-state index in [9.17, 15) is 4.79 Å². The third kappa shape index (κ3) is 6.22. The molecular weight excluding hydrogens is 242 g/mol. The predicted octanol–water partition coefficient (Wildman–Crippen LogP) is 1.32. The first-order valence-electron chi connectivity index (χ1n) is 6.40. The second-order valence-corrected chi connectivity index (χ2v) is 4.48. The van der Waals surface area contributed by atoms with Crippen LogP contribution in [0.3, 0.4) is 0 Å². The van der Waals surface area contributed by atoms with E-state index in [4.69, 9.17) is 4.74 Å². The summed E-state index contributed by atoms with van der Waals surface area (Å²) in [6, 6.07) is 7.77. The van der Waals surface area contributed by atoms with Crippen LogP contribution in [-0.4, -0.2) is 46.8 Å². The van der Waals surface area contributed by atoms with Crippen LogP contribution in [0.2, 0.25) is 0 Å². The van der Waals surface area contributed by atoms with Crippen molar-refractivity contribution in [2.24, 2.45) is 0 Å².